The Morgan fingerprint density at radius 2 is 2.15 bits per heavy atom. The Hall–Kier alpha value is -1.36. The van der Waals surface area contributed by atoms with E-state index in [9.17, 15) is 14.7 Å². The van der Waals surface area contributed by atoms with Crippen LogP contribution in [0.2, 0.25) is 0 Å². The van der Waals surface area contributed by atoms with Crippen molar-refractivity contribution >= 4 is 27.8 Å². The van der Waals surface area contributed by atoms with E-state index in [0.717, 1.165) is 16.5 Å². The van der Waals surface area contributed by atoms with E-state index in [-0.39, 0.29) is 5.91 Å². The molecule has 1 fully saturated rings. The first kappa shape index (κ1) is 15.0. The van der Waals surface area contributed by atoms with Gasteiger partial charge in [0.15, 0.2) is 0 Å². The Bertz CT molecular complexity index is 558. The normalized spacial score (nSPS) is 22.1. The molecule has 1 unspecified atom stereocenters. The summed E-state index contributed by atoms with van der Waals surface area (Å²) < 4.78 is 0.861. The lowest BCUT2D eigenvalue weighted by molar-refractivity contribution is -0.148. The lowest BCUT2D eigenvalue weighted by atomic mass is 9.92. The van der Waals surface area contributed by atoms with Crippen LogP contribution in [-0.2, 0) is 4.79 Å². The van der Waals surface area contributed by atoms with Crippen LogP contribution in [0.3, 0.4) is 0 Å². The first-order valence-electron chi connectivity index (χ1n) is 6.74. The van der Waals surface area contributed by atoms with E-state index >= 15 is 0 Å². The minimum atomic E-state index is -1.05. The summed E-state index contributed by atoms with van der Waals surface area (Å²) in [5.41, 5.74) is 0.367. The molecule has 108 valence electrons. The van der Waals surface area contributed by atoms with Gasteiger partial charge in [0.2, 0.25) is 0 Å². The molecule has 4 nitrogen and oxygen atoms in total. The Kier molecular flexibility index (Phi) is 4.18. The monoisotopic (exact) mass is 339 g/mol. The molecule has 0 aliphatic carbocycles. The molecule has 1 N–H and O–H groups in total. The van der Waals surface area contributed by atoms with Crippen molar-refractivity contribution in [1.29, 1.82) is 0 Å². The molecule has 1 aromatic rings. The molecule has 1 aliphatic heterocycles. The van der Waals surface area contributed by atoms with Crippen LogP contribution in [-0.4, -0.2) is 34.0 Å². The summed E-state index contributed by atoms with van der Waals surface area (Å²) in [4.78, 5) is 25.9. The second-order valence-corrected chi connectivity index (χ2v) is 6.02. The van der Waals surface area contributed by atoms with Gasteiger partial charge in [0, 0.05) is 16.6 Å². The number of rotatable bonds is 3. The van der Waals surface area contributed by atoms with Crippen molar-refractivity contribution in [1.82, 2.24) is 4.90 Å². The van der Waals surface area contributed by atoms with E-state index in [1.54, 1.807) is 12.1 Å². The third-order valence-corrected chi connectivity index (χ3v) is 5.07. The number of carboxylic acid groups (broad SMARTS) is 1. The van der Waals surface area contributed by atoms with Crippen LogP contribution in [0.15, 0.2) is 22.7 Å². The number of halogens is 1. The number of carboxylic acids is 1. The molecule has 1 aliphatic rings. The Labute approximate surface area is 126 Å². The van der Waals surface area contributed by atoms with Gasteiger partial charge in [-0.2, -0.15) is 0 Å². The molecule has 20 heavy (non-hydrogen) atoms. The van der Waals surface area contributed by atoms with Gasteiger partial charge in [-0.05, 0) is 43.9 Å². The average Bonchev–Trinajstić information content (AvgIpc) is 2.86. The highest BCUT2D eigenvalue weighted by Gasteiger charge is 2.48. The van der Waals surface area contributed by atoms with Crippen LogP contribution >= 0.6 is 15.9 Å². The molecule has 2 rings (SSSR count). The van der Waals surface area contributed by atoms with Crippen molar-refractivity contribution in [3.63, 3.8) is 0 Å². The standard InChI is InChI=1S/C15H18BrNO3/c1-3-15(14(19)20)8-5-9-17(15)13(18)11-6-4-7-12(16)10(11)2/h4,6-7H,3,5,8-9H2,1-2H3,(H,19,20). The van der Waals surface area contributed by atoms with Gasteiger partial charge in [0.25, 0.3) is 5.91 Å². The van der Waals surface area contributed by atoms with Crippen LogP contribution < -0.4 is 0 Å². The van der Waals surface area contributed by atoms with E-state index in [1.807, 2.05) is 19.9 Å². The summed E-state index contributed by atoms with van der Waals surface area (Å²) in [6.07, 6.45) is 1.69. The number of aliphatic carboxylic acids is 1. The zero-order chi connectivity index (χ0) is 14.9. The average molecular weight is 340 g/mol. The molecule has 0 radical (unpaired) electrons. The predicted octanol–water partition coefficient (Wildman–Crippen LogP) is 3.23. The molecular weight excluding hydrogens is 322 g/mol. The second kappa shape index (κ2) is 5.56. The van der Waals surface area contributed by atoms with Gasteiger partial charge in [-0.3, -0.25) is 4.79 Å². The molecule has 1 heterocycles. The maximum atomic E-state index is 12.7. The van der Waals surface area contributed by atoms with Crippen molar-refractivity contribution in [2.24, 2.45) is 0 Å². The number of benzene rings is 1. The number of amides is 1. The maximum absolute atomic E-state index is 12.7. The Morgan fingerprint density at radius 3 is 2.75 bits per heavy atom. The van der Waals surface area contributed by atoms with Crippen LogP contribution in [0, 0.1) is 6.92 Å². The fourth-order valence-corrected chi connectivity index (χ4v) is 3.27. The number of hydrogen-bond acceptors (Lipinski definition) is 2. The van der Waals surface area contributed by atoms with Gasteiger partial charge in [0.1, 0.15) is 5.54 Å². The highest BCUT2D eigenvalue weighted by Crippen LogP contribution is 2.35. The van der Waals surface area contributed by atoms with Gasteiger partial charge >= 0.3 is 5.97 Å². The molecule has 1 aromatic carbocycles. The zero-order valence-electron chi connectivity index (χ0n) is 11.6. The zero-order valence-corrected chi connectivity index (χ0v) is 13.2. The molecule has 1 amide bonds. The van der Waals surface area contributed by atoms with Crippen LogP contribution in [0.25, 0.3) is 0 Å². The smallest absolute Gasteiger partial charge is 0.329 e. The van der Waals surface area contributed by atoms with E-state index in [0.29, 0.717) is 24.9 Å². The van der Waals surface area contributed by atoms with E-state index in [4.69, 9.17) is 0 Å². The van der Waals surface area contributed by atoms with Crippen molar-refractivity contribution in [2.45, 2.75) is 38.6 Å². The SMILES string of the molecule is CCC1(C(=O)O)CCCN1C(=O)c1cccc(Br)c1C. The number of nitrogens with zero attached hydrogens (tertiary/aromatic N) is 1. The van der Waals surface area contributed by atoms with Crippen molar-refractivity contribution in [2.75, 3.05) is 6.54 Å². The molecule has 0 saturated carbocycles. The fourth-order valence-electron chi connectivity index (χ4n) is 2.90. The fraction of sp³-hybridized carbons (Fsp3) is 0.467. The van der Waals surface area contributed by atoms with Crippen LogP contribution in [0.1, 0.15) is 42.1 Å². The van der Waals surface area contributed by atoms with E-state index < -0.39 is 11.5 Å². The van der Waals surface area contributed by atoms with Gasteiger partial charge in [-0.1, -0.05) is 28.9 Å². The number of likely N-dealkylation sites (tertiary alicyclic amines) is 1. The first-order chi connectivity index (χ1) is 9.44. The lowest BCUT2D eigenvalue weighted by Crippen LogP contribution is -2.52. The second-order valence-electron chi connectivity index (χ2n) is 5.16. The number of carbonyl (C=O) groups is 2. The number of carbonyl (C=O) groups excluding carboxylic acids is 1. The highest BCUT2D eigenvalue weighted by atomic mass is 79.9. The van der Waals surface area contributed by atoms with E-state index in [1.165, 1.54) is 4.90 Å². The topological polar surface area (TPSA) is 57.6 Å². The molecule has 1 atom stereocenters. The highest BCUT2D eigenvalue weighted by molar-refractivity contribution is 9.10. The summed E-state index contributed by atoms with van der Waals surface area (Å²) in [7, 11) is 0. The quantitative estimate of drug-likeness (QED) is 0.919. The van der Waals surface area contributed by atoms with Gasteiger partial charge in [0.05, 0.1) is 0 Å². The van der Waals surface area contributed by atoms with Crippen LogP contribution in [0.4, 0.5) is 0 Å². The van der Waals surface area contributed by atoms with Gasteiger partial charge < -0.3 is 10.0 Å². The summed E-state index contributed by atoms with van der Waals surface area (Å²) in [6, 6.07) is 5.43. The molecule has 0 bridgehead atoms. The summed E-state index contributed by atoms with van der Waals surface area (Å²) in [5, 5.41) is 9.55. The minimum Gasteiger partial charge on any atom is -0.479 e. The van der Waals surface area contributed by atoms with Crippen molar-refractivity contribution in [3.05, 3.63) is 33.8 Å². The molecule has 5 heteroatoms. The number of hydrogen-bond donors (Lipinski definition) is 1. The Morgan fingerprint density at radius 1 is 1.45 bits per heavy atom. The molecule has 0 spiro atoms. The van der Waals surface area contributed by atoms with Gasteiger partial charge in [-0.15, -0.1) is 0 Å². The maximum Gasteiger partial charge on any atom is 0.329 e. The van der Waals surface area contributed by atoms with Crippen molar-refractivity contribution < 1.29 is 14.7 Å². The summed E-state index contributed by atoms with van der Waals surface area (Å²) in [5.74, 6) is -1.09. The molecule has 1 saturated heterocycles. The third-order valence-electron chi connectivity index (χ3n) is 4.21. The lowest BCUT2D eigenvalue weighted by Gasteiger charge is -2.34. The van der Waals surface area contributed by atoms with E-state index in [2.05, 4.69) is 15.9 Å². The first-order valence-corrected chi connectivity index (χ1v) is 7.54. The third kappa shape index (κ3) is 2.24. The van der Waals surface area contributed by atoms with Crippen LogP contribution in [0.5, 0.6) is 0 Å². The summed E-state index contributed by atoms with van der Waals surface area (Å²) >= 11 is 3.41. The summed E-state index contributed by atoms with van der Waals surface area (Å²) in [6.45, 7) is 4.19. The minimum absolute atomic E-state index is 0.189. The molecule has 0 aromatic heterocycles. The Balaban J connectivity index is 2.42. The van der Waals surface area contributed by atoms with Crippen molar-refractivity contribution in [3.8, 4) is 0 Å². The molecular formula is C15H18BrNO3. The predicted molar refractivity (Wildman–Crippen MR) is 79.8 cm³/mol. The largest absolute Gasteiger partial charge is 0.479 e. The van der Waals surface area contributed by atoms with Gasteiger partial charge in [-0.25, -0.2) is 4.79 Å².